The number of β-amino-alcohol motifs (C(OH)–C–C–N with tert-alkyl or cyclic N) is 1. The predicted octanol–water partition coefficient (Wildman–Crippen LogP) is 1.95. The minimum absolute atomic E-state index is 0.170. The van der Waals surface area contributed by atoms with Crippen molar-refractivity contribution in [3.05, 3.63) is 40.2 Å². The van der Waals surface area contributed by atoms with E-state index in [1.807, 2.05) is 32.9 Å². The fourth-order valence-electron chi connectivity index (χ4n) is 3.37. The van der Waals surface area contributed by atoms with Crippen LogP contribution in [0.5, 0.6) is 5.75 Å². The van der Waals surface area contributed by atoms with Gasteiger partial charge in [0, 0.05) is 37.2 Å². The van der Waals surface area contributed by atoms with Gasteiger partial charge < -0.3 is 19.0 Å². The predicted molar refractivity (Wildman–Crippen MR) is 95.2 cm³/mol. The van der Waals surface area contributed by atoms with Crippen molar-refractivity contribution in [1.82, 2.24) is 4.90 Å². The van der Waals surface area contributed by atoms with Crippen LogP contribution in [-0.2, 0) is 4.74 Å². The van der Waals surface area contributed by atoms with Crippen LogP contribution in [0.15, 0.2) is 33.5 Å². The van der Waals surface area contributed by atoms with E-state index in [2.05, 4.69) is 4.90 Å². The van der Waals surface area contributed by atoms with E-state index in [0.29, 0.717) is 17.9 Å². The van der Waals surface area contributed by atoms with Crippen molar-refractivity contribution in [2.45, 2.75) is 39.1 Å². The molecule has 1 fully saturated rings. The highest BCUT2D eigenvalue weighted by atomic mass is 16.5. The van der Waals surface area contributed by atoms with Gasteiger partial charge in [0.25, 0.3) is 0 Å². The molecule has 0 aliphatic carbocycles. The summed E-state index contributed by atoms with van der Waals surface area (Å²) < 4.78 is 16.6. The summed E-state index contributed by atoms with van der Waals surface area (Å²) in [5, 5.41) is 11.1. The van der Waals surface area contributed by atoms with Crippen LogP contribution >= 0.6 is 0 Å². The third kappa shape index (κ3) is 4.60. The van der Waals surface area contributed by atoms with Gasteiger partial charge in [0.1, 0.15) is 24.0 Å². The highest BCUT2D eigenvalue weighted by molar-refractivity contribution is 5.81. The summed E-state index contributed by atoms with van der Waals surface area (Å²) in [6.07, 6.45) is -0.260. The van der Waals surface area contributed by atoms with Gasteiger partial charge in [-0.2, -0.15) is 0 Å². The molecule has 0 bridgehead atoms. The molecule has 25 heavy (non-hydrogen) atoms. The van der Waals surface area contributed by atoms with Gasteiger partial charge in [-0.3, -0.25) is 4.90 Å². The van der Waals surface area contributed by atoms with E-state index in [9.17, 15) is 9.90 Å². The zero-order chi connectivity index (χ0) is 18.0. The van der Waals surface area contributed by atoms with Crippen LogP contribution in [0.1, 0.15) is 19.4 Å². The minimum Gasteiger partial charge on any atom is -0.491 e. The number of ether oxygens (including phenoxy) is 2. The fourth-order valence-corrected chi connectivity index (χ4v) is 3.37. The van der Waals surface area contributed by atoms with E-state index in [1.165, 1.54) is 6.07 Å². The molecule has 1 N–H and O–H groups in total. The van der Waals surface area contributed by atoms with Crippen molar-refractivity contribution in [1.29, 1.82) is 0 Å². The molecule has 0 saturated carbocycles. The summed E-state index contributed by atoms with van der Waals surface area (Å²) >= 11 is 0. The Kier molecular flexibility index (Phi) is 5.42. The van der Waals surface area contributed by atoms with Crippen LogP contribution in [0.4, 0.5) is 0 Å². The van der Waals surface area contributed by atoms with E-state index < -0.39 is 6.10 Å². The quantitative estimate of drug-likeness (QED) is 0.834. The molecule has 1 aliphatic heterocycles. The Morgan fingerprint density at radius 1 is 1.28 bits per heavy atom. The van der Waals surface area contributed by atoms with E-state index >= 15 is 0 Å². The van der Waals surface area contributed by atoms with Crippen molar-refractivity contribution < 1.29 is 19.0 Å². The lowest BCUT2D eigenvalue weighted by Crippen LogP contribution is -2.48. The molecule has 3 rings (SSSR count). The summed E-state index contributed by atoms with van der Waals surface area (Å²) in [5.41, 5.74) is 0.985. The topological polar surface area (TPSA) is 72.1 Å². The second kappa shape index (κ2) is 7.56. The van der Waals surface area contributed by atoms with Gasteiger partial charge in [0.2, 0.25) is 0 Å². The molecule has 6 heteroatoms. The number of aryl methyl sites for hydroxylation is 1. The number of morpholine rings is 1. The first-order chi connectivity index (χ1) is 11.9. The summed E-state index contributed by atoms with van der Waals surface area (Å²) in [4.78, 5) is 13.7. The maximum absolute atomic E-state index is 11.5. The van der Waals surface area contributed by atoms with Crippen molar-refractivity contribution in [2.24, 2.45) is 0 Å². The summed E-state index contributed by atoms with van der Waals surface area (Å²) in [5.74, 6) is 0.573. The Hall–Kier alpha value is -1.89. The summed E-state index contributed by atoms with van der Waals surface area (Å²) in [6, 6.07) is 6.84. The van der Waals surface area contributed by atoms with Gasteiger partial charge >= 0.3 is 5.63 Å². The number of hydrogen-bond acceptors (Lipinski definition) is 6. The number of fused-ring (bicyclic) bond motifs is 1. The monoisotopic (exact) mass is 347 g/mol. The minimum atomic E-state index is -0.599. The Bertz CT molecular complexity index is 777. The molecule has 0 unspecified atom stereocenters. The second-order valence-electron chi connectivity index (χ2n) is 6.85. The standard InChI is InChI=1S/C19H25NO5/c1-12-6-19(22)25-18-7-16(4-5-17(12)18)23-11-15(21)10-20-8-13(2)24-14(3)9-20/h4-7,13-15,21H,8-11H2,1-3H3/t13-,14-,15-/m1/s1. The van der Waals surface area contributed by atoms with E-state index in [0.717, 1.165) is 24.0 Å². The lowest BCUT2D eigenvalue weighted by molar-refractivity contribution is -0.0786. The SMILES string of the molecule is Cc1cc(=O)oc2cc(OC[C@H](O)CN3C[C@@H](C)O[C@H](C)C3)ccc12. The highest BCUT2D eigenvalue weighted by Crippen LogP contribution is 2.22. The molecule has 0 radical (unpaired) electrons. The van der Waals surface area contributed by atoms with Crippen LogP contribution in [0.25, 0.3) is 11.0 Å². The summed E-state index contributed by atoms with van der Waals surface area (Å²) in [6.45, 7) is 8.28. The Labute approximate surface area is 147 Å². The number of aliphatic hydroxyl groups is 1. The van der Waals surface area contributed by atoms with Gasteiger partial charge in [-0.15, -0.1) is 0 Å². The van der Waals surface area contributed by atoms with Crippen LogP contribution in [0.2, 0.25) is 0 Å². The first kappa shape index (κ1) is 17.9. The number of hydrogen-bond donors (Lipinski definition) is 1. The second-order valence-corrected chi connectivity index (χ2v) is 6.85. The Morgan fingerprint density at radius 2 is 2.00 bits per heavy atom. The first-order valence-electron chi connectivity index (χ1n) is 8.64. The van der Waals surface area contributed by atoms with Gasteiger partial charge in [-0.25, -0.2) is 4.79 Å². The Morgan fingerprint density at radius 3 is 2.72 bits per heavy atom. The molecule has 1 aliphatic rings. The third-order valence-corrected chi connectivity index (χ3v) is 4.33. The maximum atomic E-state index is 11.5. The van der Waals surface area contributed by atoms with Crippen LogP contribution < -0.4 is 10.4 Å². The third-order valence-electron chi connectivity index (χ3n) is 4.33. The van der Waals surface area contributed by atoms with Crippen LogP contribution in [-0.4, -0.2) is 54.6 Å². The van der Waals surface area contributed by atoms with Crippen LogP contribution in [0.3, 0.4) is 0 Å². The van der Waals surface area contributed by atoms with E-state index in [-0.39, 0.29) is 24.4 Å². The van der Waals surface area contributed by atoms with Gasteiger partial charge in [0.15, 0.2) is 0 Å². The molecule has 136 valence electrons. The molecule has 3 atom stereocenters. The lowest BCUT2D eigenvalue weighted by Gasteiger charge is -2.36. The molecule has 2 heterocycles. The van der Waals surface area contributed by atoms with Gasteiger partial charge in [-0.05, 0) is 38.5 Å². The van der Waals surface area contributed by atoms with Crippen molar-refractivity contribution >= 4 is 11.0 Å². The normalized spacial score (nSPS) is 22.9. The van der Waals surface area contributed by atoms with Gasteiger partial charge in [-0.1, -0.05) is 0 Å². The number of aliphatic hydroxyl groups excluding tert-OH is 1. The van der Waals surface area contributed by atoms with E-state index in [1.54, 1.807) is 6.07 Å². The smallest absolute Gasteiger partial charge is 0.336 e. The number of benzene rings is 1. The average Bonchev–Trinajstić information content (AvgIpc) is 2.51. The van der Waals surface area contributed by atoms with Crippen molar-refractivity contribution in [3.63, 3.8) is 0 Å². The first-order valence-corrected chi connectivity index (χ1v) is 8.64. The molecule has 1 saturated heterocycles. The molecule has 2 aromatic rings. The molecule has 1 aromatic carbocycles. The fraction of sp³-hybridized carbons (Fsp3) is 0.526. The molecule has 6 nitrogen and oxygen atoms in total. The van der Waals surface area contributed by atoms with Crippen molar-refractivity contribution in [3.8, 4) is 5.75 Å². The molecule has 0 amide bonds. The Balaban J connectivity index is 1.59. The maximum Gasteiger partial charge on any atom is 0.336 e. The van der Waals surface area contributed by atoms with Crippen molar-refractivity contribution in [2.75, 3.05) is 26.2 Å². The molecule has 0 spiro atoms. The number of nitrogens with zero attached hydrogens (tertiary/aromatic N) is 1. The molecular weight excluding hydrogens is 322 g/mol. The van der Waals surface area contributed by atoms with Crippen LogP contribution in [0, 0.1) is 6.92 Å². The van der Waals surface area contributed by atoms with Gasteiger partial charge in [0.05, 0.1) is 12.2 Å². The highest BCUT2D eigenvalue weighted by Gasteiger charge is 2.24. The number of rotatable bonds is 5. The zero-order valence-corrected chi connectivity index (χ0v) is 14.9. The average molecular weight is 347 g/mol. The molecule has 1 aromatic heterocycles. The molecular formula is C19H25NO5. The summed E-state index contributed by atoms with van der Waals surface area (Å²) in [7, 11) is 0. The largest absolute Gasteiger partial charge is 0.491 e. The van der Waals surface area contributed by atoms with E-state index in [4.69, 9.17) is 13.9 Å². The zero-order valence-electron chi connectivity index (χ0n) is 14.9. The lowest BCUT2D eigenvalue weighted by atomic mass is 10.1.